The molecule has 2 unspecified atom stereocenters. The lowest BCUT2D eigenvalue weighted by Crippen LogP contribution is -2.14. The summed E-state index contributed by atoms with van der Waals surface area (Å²) in [6, 6.07) is 7.75. The molecule has 17 heavy (non-hydrogen) atoms. The van der Waals surface area contributed by atoms with Gasteiger partial charge in [0.15, 0.2) is 0 Å². The van der Waals surface area contributed by atoms with Gasteiger partial charge < -0.3 is 9.47 Å². The van der Waals surface area contributed by atoms with Crippen LogP contribution in [0.15, 0.2) is 24.3 Å². The van der Waals surface area contributed by atoms with E-state index < -0.39 is 0 Å². The third kappa shape index (κ3) is 3.81. The van der Waals surface area contributed by atoms with Crippen LogP contribution >= 0.6 is 27.7 Å². The summed E-state index contributed by atoms with van der Waals surface area (Å²) in [5, 5.41) is 0. The lowest BCUT2D eigenvalue weighted by Gasteiger charge is -2.13. The highest BCUT2D eigenvalue weighted by molar-refractivity contribution is 9.09. The number of thioether (sulfide) groups is 1. The van der Waals surface area contributed by atoms with Crippen LogP contribution in [0.4, 0.5) is 0 Å². The van der Waals surface area contributed by atoms with Crippen LogP contribution in [-0.2, 0) is 0 Å². The second-order valence-corrected chi connectivity index (χ2v) is 6.38. The molecule has 0 radical (unpaired) electrons. The fourth-order valence-electron chi connectivity index (χ4n) is 1.84. The number of halogens is 1. The van der Waals surface area contributed by atoms with Crippen molar-refractivity contribution in [1.82, 2.24) is 0 Å². The fourth-order valence-corrected chi connectivity index (χ4v) is 4.43. The number of benzene rings is 1. The maximum atomic E-state index is 5.73. The van der Waals surface area contributed by atoms with Gasteiger partial charge in [0.1, 0.15) is 11.5 Å². The van der Waals surface area contributed by atoms with E-state index in [1.807, 2.05) is 36.0 Å². The van der Waals surface area contributed by atoms with Gasteiger partial charge in [-0.3, -0.25) is 0 Å². The Bertz CT molecular complexity index is 342. The van der Waals surface area contributed by atoms with Crippen LogP contribution in [0.3, 0.4) is 0 Å². The van der Waals surface area contributed by atoms with Crippen LogP contribution in [0, 0.1) is 5.92 Å². The molecule has 94 valence electrons. The van der Waals surface area contributed by atoms with Gasteiger partial charge in [-0.05, 0) is 42.4 Å². The second-order valence-electron chi connectivity index (χ2n) is 4.13. The van der Waals surface area contributed by atoms with Crippen LogP contribution < -0.4 is 9.47 Å². The summed E-state index contributed by atoms with van der Waals surface area (Å²) in [5.74, 6) is 5.01. The van der Waals surface area contributed by atoms with Crippen molar-refractivity contribution in [2.75, 3.05) is 25.2 Å². The van der Waals surface area contributed by atoms with E-state index in [0.717, 1.165) is 30.4 Å². The third-order valence-electron chi connectivity index (χ3n) is 2.94. The molecule has 0 N–H and O–H groups in total. The van der Waals surface area contributed by atoms with Crippen molar-refractivity contribution < 1.29 is 9.47 Å². The predicted octanol–water partition coefficient (Wildman–Crippen LogP) is 3.59. The zero-order valence-electron chi connectivity index (χ0n) is 9.90. The SMILES string of the molecule is COc1ccc(OCCC2CSCC2Br)cc1. The molecule has 0 aromatic heterocycles. The van der Waals surface area contributed by atoms with E-state index in [2.05, 4.69) is 15.9 Å². The molecule has 0 amide bonds. The summed E-state index contributed by atoms with van der Waals surface area (Å²) < 4.78 is 10.8. The van der Waals surface area contributed by atoms with Gasteiger partial charge in [0, 0.05) is 10.6 Å². The molecule has 1 saturated heterocycles. The highest BCUT2D eigenvalue weighted by Gasteiger charge is 2.24. The Morgan fingerprint density at radius 3 is 2.53 bits per heavy atom. The van der Waals surface area contributed by atoms with Crippen LogP contribution in [-0.4, -0.2) is 30.0 Å². The van der Waals surface area contributed by atoms with E-state index in [-0.39, 0.29) is 0 Å². The fraction of sp³-hybridized carbons (Fsp3) is 0.538. The number of hydrogen-bond donors (Lipinski definition) is 0. The van der Waals surface area contributed by atoms with Crippen molar-refractivity contribution >= 4 is 27.7 Å². The first-order valence-electron chi connectivity index (χ1n) is 5.78. The monoisotopic (exact) mass is 316 g/mol. The highest BCUT2D eigenvalue weighted by atomic mass is 79.9. The molecule has 1 aliphatic rings. The molecule has 1 heterocycles. The molecule has 4 heteroatoms. The van der Waals surface area contributed by atoms with Crippen molar-refractivity contribution in [3.63, 3.8) is 0 Å². The van der Waals surface area contributed by atoms with Gasteiger partial charge in [-0.1, -0.05) is 15.9 Å². The summed E-state index contributed by atoms with van der Waals surface area (Å²) in [4.78, 5) is 0.659. The first kappa shape index (κ1) is 13.1. The molecule has 2 atom stereocenters. The van der Waals surface area contributed by atoms with E-state index in [1.165, 1.54) is 11.5 Å². The van der Waals surface area contributed by atoms with Gasteiger partial charge in [-0.15, -0.1) is 0 Å². The highest BCUT2D eigenvalue weighted by Crippen LogP contribution is 2.32. The van der Waals surface area contributed by atoms with Crippen LogP contribution in [0.1, 0.15) is 6.42 Å². The number of alkyl halides is 1. The Morgan fingerprint density at radius 1 is 1.24 bits per heavy atom. The van der Waals surface area contributed by atoms with E-state index >= 15 is 0 Å². The maximum absolute atomic E-state index is 5.73. The Balaban J connectivity index is 1.73. The zero-order chi connectivity index (χ0) is 12.1. The van der Waals surface area contributed by atoms with Gasteiger partial charge in [0.2, 0.25) is 0 Å². The average Bonchev–Trinajstić information content (AvgIpc) is 2.76. The summed E-state index contributed by atoms with van der Waals surface area (Å²) in [6.45, 7) is 0.791. The molecule has 0 bridgehead atoms. The van der Waals surface area contributed by atoms with Gasteiger partial charge in [-0.2, -0.15) is 11.8 Å². The molecule has 0 saturated carbocycles. The Labute approximate surface area is 115 Å². The first-order chi connectivity index (χ1) is 8.29. The van der Waals surface area contributed by atoms with Gasteiger partial charge in [0.25, 0.3) is 0 Å². The maximum Gasteiger partial charge on any atom is 0.119 e. The summed E-state index contributed by atoms with van der Waals surface area (Å²) >= 11 is 5.74. The lowest BCUT2D eigenvalue weighted by molar-refractivity contribution is 0.287. The van der Waals surface area contributed by atoms with Gasteiger partial charge >= 0.3 is 0 Å². The Morgan fingerprint density at radius 2 is 1.94 bits per heavy atom. The molecule has 2 nitrogen and oxygen atoms in total. The summed E-state index contributed by atoms with van der Waals surface area (Å²) in [6.07, 6.45) is 1.12. The van der Waals surface area contributed by atoms with E-state index in [0.29, 0.717) is 4.83 Å². The minimum absolute atomic E-state index is 0.659. The lowest BCUT2D eigenvalue weighted by atomic mass is 10.1. The van der Waals surface area contributed by atoms with Crippen LogP contribution in [0.5, 0.6) is 11.5 Å². The molecule has 1 fully saturated rings. The number of methoxy groups -OCH3 is 1. The smallest absolute Gasteiger partial charge is 0.119 e. The van der Waals surface area contributed by atoms with E-state index in [4.69, 9.17) is 9.47 Å². The minimum atomic E-state index is 0.659. The standard InChI is InChI=1S/C13H17BrO2S/c1-15-11-2-4-12(5-3-11)16-7-6-10-8-17-9-13(10)14/h2-5,10,13H,6-9H2,1H3. The predicted molar refractivity (Wildman–Crippen MR) is 76.6 cm³/mol. The van der Waals surface area contributed by atoms with E-state index in [9.17, 15) is 0 Å². The molecule has 1 aliphatic heterocycles. The number of hydrogen-bond acceptors (Lipinski definition) is 3. The molecular formula is C13H17BrO2S. The first-order valence-corrected chi connectivity index (χ1v) is 7.85. The zero-order valence-corrected chi connectivity index (χ0v) is 12.3. The van der Waals surface area contributed by atoms with Crippen molar-refractivity contribution in [3.05, 3.63) is 24.3 Å². The molecule has 0 aliphatic carbocycles. The molecular weight excluding hydrogens is 300 g/mol. The Hall–Kier alpha value is -0.350. The van der Waals surface area contributed by atoms with E-state index in [1.54, 1.807) is 7.11 Å². The largest absolute Gasteiger partial charge is 0.497 e. The number of ether oxygens (including phenoxy) is 2. The van der Waals surface area contributed by atoms with Gasteiger partial charge in [0.05, 0.1) is 13.7 Å². The topological polar surface area (TPSA) is 18.5 Å². The van der Waals surface area contributed by atoms with Crippen molar-refractivity contribution in [1.29, 1.82) is 0 Å². The second kappa shape index (κ2) is 6.55. The summed E-state index contributed by atoms with van der Waals surface area (Å²) in [5.41, 5.74) is 0. The quantitative estimate of drug-likeness (QED) is 0.773. The molecule has 0 spiro atoms. The van der Waals surface area contributed by atoms with Gasteiger partial charge in [-0.25, -0.2) is 0 Å². The van der Waals surface area contributed by atoms with Crippen molar-refractivity contribution in [2.24, 2.45) is 5.92 Å². The minimum Gasteiger partial charge on any atom is -0.497 e. The van der Waals surface area contributed by atoms with Crippen LogP contribution in [0.25, 0.3) is 0 Å². The number of rotatable bonds is 5. The van der Waals surface area contributed by atoms with Crippen molar-refractivity contribution in [2.45, 2.75) is 11.2 Å². The average molecular weight is 317 g/mol. The normalized spacial score (nSPS) is 23.6. The van der Waals surface area contributed by atoms with Crippen LogP contribution in [0.2, 0.25) is 0 Å². The Kier molecular flexibility index (Phi) is 5.04. The molecule has 1 aromatic carbocycles. The summed E-state index contributed by atoms with van der Waals surface area (Å²) in [7, 11) is 1.67. The molecule has 1 aromatic rings. The molecule has 2 rings (SSSR count). The third-order valence-corrected chi connectivity index (χ3v) is 5.70. The van der Waals surface area contributed by atoms with Crippen molar-refractivity contribution in [3.8, 4) is 11.5 Å².